The van der Waals surface area contributed by atoms with Gasteiger partial charge in [-0.15, -0.1) is 5.10 Å². The van der Waals surface area contributed by atoms with Crippen molar-refractivity contribution < 1.29 is 8.78 Å². The minimum atomic E-state index is -0.638. The first-order valence-corrected chi connectivity index (χ1v) is 10.8. The molecule has 1 aromatic carbocycles. The van der Waals surface area contributed by atoms with Gasteiger partial charge in [-0.3, -0.25) is 4.98 Å². The van der Waals surface area contributed by atoms with Crippen molar-refractivity contribution in [2.24, 2.45) is 11.3 Å². The maximum atomic E-state index is 14.4. The molecule has 8 heteroatoms. The van der Waals surface area contributed by atoms with Gasteiger partial charge in [-0.05, 0) is 59.6 Å². The molecule has 0 aliphatic heterocycles. The molecule has 7 rings (SSSR count). The van der Waals surface area contributed by atoms with Crippen molar-refractivity contribution in [2.75, 3.05) is 5.73 Å². The van der Waals surface area contributed by atoms with E-state index in [1.807, 2.05) is 24.3 Å². The van der Waals surface area contributed by atoms with Crippen molar-refractivity contribution in [3.8, 4) is 22.5 Å². The third-order valence-electron chi connectivity index (χ3n) is 8.09. The number of nitrogens with zero attached hydrogens (tertiary/aromatic N) is 5. The van der Waals surface area contributed by atoms with Gasteiger partial charge in [0.2, 0.25) is 5.95 Å². The van der Waals surface area contributed by atoms with Crippen LogP contribution in [-0.4, -0.2) is 25.1 Å². The lowest BCUT2D eigenvalue weighted by atomic mass is 9.57. The van der Waals surface area contributed by atoms with Crippen LogP contribution >= 0.6 is 0 Å². The molecule has 0 saturated heterocycles. The number of hydrogen-bond donors (Lipinski definition) is 1. The lowest BCUT2D eigenvalue weighted by Gasteiger charge is -2.46. The van der Waals surface area contributed by atoms with E-state index >= 15 is 0 Å². The molecular formula is C25H18F2N6. The van der Waals surface area contributed by atoms with Crippen LogP contribution in [0, 0.1) is 23.0 Å². The van der Waals surface area contributed by atoms with Crippen LogP contribution in [0.1, 0.15) is 36.2 Å². The lowest BCUT2D eigenvalue weighted by Crippen LogP contribution is -2.46. The molecule has 3 heterocycles. The molecule has 0 amide bonds. The zero-order valence-electron chi connectivity index (χ0n) is 17.6. The number of pyridine rings is 1. The second-order valence-corrected chi connectivity index (χ2v) is 9.34. The number of anilines is 1. The van der Waals surface area contributed by atoms with Crippen molar-refractivity contribution >= 4 is 5.95 Å². The predicted molar refractivity (Wildman–Crippen MR) is 117 cm³/mol. The first kappa shape index (κ1) is 18.7. The highest BCUT2D eigenvalue weighted by Gasteiger charge is 2.87. The number of halogens is 2. The number of aromatic nitrogens is 5. The van der Waals surface area contributed by atoms with E-state index in [9.17, 15) is 8.78 Å². The summed E-state index contributed by atoms with van der Waals surface area (Å²) in [4.78, 5) is 13.1. The molecule has 3 aliphatic carbocycles. The average Bonchev–Trinajstić information content (AvgIpc) is 3.25. The molecule has 2 unspecified atom stereocenters. The Balaban J connectivity index is 1.37. The first-order chi connectivity index (χ1) is 15.9. The SMILES string of the molecule is CC12C3C[C@]1(c1cccc(-c4cnc(N)nc4)n1)c1nnc(-c4c(F)cccc4F)cc1[C@H]32. The van der Waals surface area contributed by atoms with Crippen LogP contribution in [0.2, 0.25) is 0 Å². The van der Waals surface area contributed by atoms with Gasteiger partial charge in [0, 0.05) is 18.0 Å². The van der Waals surface area contributed by atoms with Crippen molar-refractivity contribution in [2.45, 2.75) is 24.7 Å². The molecule has 33 heavy (non-hydrogen) atoms. The number of rotatable bonds is 3. The van der Waals surface area contributed by atoms with Gasteiger partial charge in [-0.2, -0.15) is 5.10 Å². The van der Waals surface area contributed by atoms with Gasteiger partial charge in [-0.25, -0.2) is 18.7 Å². The Morgan fingerprint density at radius 2 is 1.70 bits per heavy atom. The summed E-state index contributed by atoms with van der Waals surface area (Å²) >= 11 is 0. The zero-order chi connectivity index (χ0) is 22.5. The van der Waals surface area contributed by atoms with E-state index in [1.54, 1.807) is 12.4 Å². The van der Waals surface area contributed by atoms with E-state index in [0.29, 0.717) is 11.8 Å². The third kappa shape index (κ3) is 2.13. The van der Waals surface area contributed by atoms with E-state index in [4.69, 9.17) is 10.7 Å². The fourth-order valence-corrected chi connectivity index (χ4v) is 6.47. The van der Waals surface area contributed by atoms with Crippen LogP contribution in [0.5, 0.6) is 0 Å². The van der Waals surface area contributed by atoms with Crippen LogP contribution in [-0.2, 0) is 5.41 Å². The molecule has 162 valence electrons. The van der Waals surface area contributed by atoms with E-state index in [2.05, 4.69) is 27.1 Å². The summed E-state index contributed by atoms with van der Waals surface area (Å²) in [6.07, 6.45) is 4.27. The summed E-state index contributed by atoms with van der Waals surface area (Å²) in [7, 11) is 0. The Morgan fingerprint density at radius 1 is 0.970 bits per heavy atom. The Morgan fingerprint density at radius 3 is 2.45 bits per heavy atom. The molecule has 0 spiro atoms. The van der Waals surface area contributed by atoms with E-state index in [0.717, 1.165) is 34.6 Å². The number of nitrogen functional groups attached to an aromatic ring is 1. The number of hydrogen-bond acceptors (Lipinski definition) is 6. The maximum absolute atomic E-state index is 14.4. The van der Waals surface area contributed by atoms with Gasteiger partial charge < -0.3 is 5.73 Å². The minimum Gasteiger partial charge on any atom is -0.368 e. The Bertz CT molecular complexity index is 1450. The summed E-state index contributed by atoms with van der Waals surface area (Å²) < 4.78 is 28.8. The lowest BCUT2D eigenvalue weighted by molar-refractivity contribution is 0.159. The summed E-state index contributed by atoms with van der Waals surface area (Å²) in [5.74, 6) is -0.257. The Hall–Kier alpha value is -3.81. The molecule has 2 N–H and O–H groups in total. The number of benzene rings is 1. The van der Waals surface area contributed by atoms with Crippen LogP contribution in [0.15, 0.2) is 54.9 Å². The summed E-state index contributed by atoms with van der Waals surface area (Å²) in [6.45, 7) is 2.26. The minimum absolute atomic E-state index is 0.0142. The van der Waals surface area contributed by atoms with Crippen LogP contribution in [0.3, 0.4) is 0 Å². The van der Waals surface area contributed by atoms with Gasteiger partial charge >= 0.3 is 0 Å². The predicted octanol–water partition coefficient (Wildman–Crippen LogP) is 4.28. The van der Waals surface area contributed by atoms with Gasteiger partial charge in [0.15, 0.2) is 0 Å². The normalized spacial score (nSPS) is 28.1. The Labute approximate surface area is 188 Å². The topological polar surface area (TPSA) is 90.5 Å². The highest BCUT2D eigenvalue weighted by atomic mass is 19.1. The van der Waals surface area contributed by atoms with Gasteiger partial charge in [0.05, 0.1) is 33.8 Å². The van der Waals surface area contributed by atoms with Crippen LogP contribution in [0.25, 0.3) is 22.5 Å². The highest BCUT2D eigenvalue weighted by Crippen LogP contribution is 2.90. The van der Waals surface area contributed by atoms with Crippen LogP contribution in [0.4, 0.5) is 14.7 Å². The van der Waals surface area contributed by atoms with Crippen molar-refractivity contribution in [3.63, 3.8) is 0 Å². The third-order valence-corrected chi connectivity index (χ3v) is 8.09. The molecule has 3 aromatic heterocycles. The number of fused-ring (bicyclic) bond motifs is 4. The summed E-state index contributed by atoms with van der Waals surface area (Å²) in [5, 5.41) is 8.83. The van der Waals surface area contributed by atoms with E-state index < -0.39 is 11.6 Å². The number of nitrogens with two attached hydrogens (primary N) is 1. The standard InChI is InChI=1S/C25H18F2N6/c1-24-14-9-25(24,19-7-3-6-17(31-19)12-10-29-23(28)30-11-12)22-13(21(14)24)8-18(32-33-22)20-15(26)4-2-5-16(20)27/h2-8,10-11,14,21H,9H2,1H3,(H2,28,29,30)/t14?,21-,24?,25+/m1/s1. The summed E-state index contributed by atoms with van der Waals surface area (Å²) in [5.41, 5.74) is 9.73. The van der Waals surface area contributed by atoms with E-state index in [-0.39, 0.29) is 28.0 Å². The van der Waals surface area contributed by atoms with Gasteiger partial charge in [0.1, 0.15) is 11.6 Å². The molecule has 2 fully saturated rings. The molecule has 6 nitrogen and oxygen atoms in total. The fourth-order valence-electron chi connectivity index (χ4n) is 6.47. The molecular weight excluding hydrogens is 422 g/mol. The largest absolute Gasteiger partial charge is 0.368 e. The fraction of sp³-hybridized carbons (Fsp3) is 0.240. The average molecular weight is 440 g/mol. The molecule has 4 atom stereocenters. The maximum Gasteiger partial charge on any atom is 0.219 e. The molecule has 4 aromatic rings. The monoisotopic (exact) mass is 440 g/mol. The van der Waals surface area contributed by atoms with Gasteiger partial charge in [-0.1, -0.05) is 19.1 Å². The van der Waals surface area contributed by atoms with Crippen LogP contribution < -0.4 is 5.73 Å². The smallest absolute Gasteiger partial charge is 0.219 e. The van der Waals surface area contributed by atoms with Crippen molar-refractivity contribution in [1.29, 1.82) is 0 Å². The molecule has 0 bridgehead atoms. The quantitative estimate of drug-likeness (QED) is 0.511. The molecule has 3 aliphatic rings. The molecule has 2 saturated carbocycles. The highest BCUT2D eigenvalue weighted by molar-refractivity contribution is 5.69. The first-order valence-electron chi connectivity index (χ1n) is 10.8. The Kier molecular flexibility index (Phi) is 3.38. The van der Waals surface area contributed by atoms with Crippen molar-refractivity contribution in [1.82, 2.24) is 25.1 Å². The van der Waals surface area contributed by atoms with Gasteiger partial charge in [0.25, 0.3) is 0 Å². The van der Waals surface area contributed by atoms with E-state index in [1.165, 1.54) is 18.2 Å². The van der Waals surface area contributed by atoms with Crippen molar-refractivity contribution in [3.05, 3.63) is 83.4 Å². The molecule has 0 radical (unpaired) electrons. The second-order valence-electron chi connectivity index (χ2n) is 9.34. The summed E-state index contributed by atoms with van der Waals surface area (Å²) in [6, 6.07) is 11.6. The second kappa shape index (κ2) is 5.95. The zero-order valence-corrected chi connectivity index (χ0v) is 17.6.